The van der Waals surface area contributed by atoms with Crippen molar-refractivity contribution in [3.63, 3.8) is 0 Å². The molecule has 6 N–H and O–H groups in total. The molecular weight excluding hydrogens is 1150 g/mol. The number of nitro benzene ring substituents is 2. The molecule has 10 aromatic rings. The van der Waals surface area contributed by atoms with Crippen molar-refractivity contribution in [2.75, 3.05) is 0 Å². The maximum absolute atomic E-state index is 11.2. The minimum absolute atomic E-state index is 0. The SMILES string of the molecule is O.O.O=C(O)c1ccc(-c2ccc(C(=O)[O-])c([N+](=O)[O-])c2)c(C(=O)[O-])c1.O=C(O)c1ccc(-c2ccc(C(=O)[O-])c([N+](=O)[O-])c2)c(C(=O)[O-])c1.[Zn+2].[Zn+2].c1cnc2c(c1)ccc1cccnc12.c1cnc2c(c1)ccc1cccnc12. The number of rotatable bonds is 10. The van der Waals surface area contributed by atoms with E-state index in [1.54, 1.807) is 24.8 Å². The standard InChI is InChI=1S/2C15H9NO8.2C12H8N2.2H2O.2Zn/c2*17-13(18)8-2-3-9(11(5-8)15(21)22)7-1-4-10(14(19)20)12(6-7)16(23)24;2*1-3-9-5-6-10-4-2-8-14-12(10)11(9)13-7-1;;;;/h2*1-6H,(H,17,18)(H,19,20)(H,21,22);2*1-8H;2*1H2;;/q;;;;;;2*+2/p-4. The Bertz CT molecular complexity index is 3670. The molecule has 26 heteroatoms. The third kappa shape index (κ3) is 14.6. The van der Waals surface area contributed by atoms with Crippen LogP contribution in [-0.2, 0) is 39.0 Å². The first-order valence-electron chi connectivity index (χ1n) is 21.7. The quantitative estimate of drug-likeness (QED) is 0.0858. The number of pyridine rings is 4. The Morgan fingerprint density at radius 2 is 0.650 bits per heavy atom. The summed E-state index contributed by atoms with van der Waals surface area (Å²) in [5, 5.41) is 88.5. The van der Waals surface area contributed by atoms with Crippen molar-refractivity contribution in [1.82, 2.24) is 19.9 Å². The maximum atomic E-state index is 11.2. The number of nitro groups is 2. The van der Waals surface area contributed by atoms with Gasteiger partial charge in [0.15, 0.2) is 0 Å². The number of carboxylic acid groups (broad SMARTS) is 6. The van der Waals surface area contributed by atoms with Crippen LogP contribution in [-0.4, -0.2) is 86.8 Å². The predicted molar refractivity (Wildman–Crippen MR) is 270 cm³/mol. The molecule has 4 aromatic heterocycles. The van der Waals surface area contributed by atoms with Crippen molar-refractivity contribution in [3.8, 4) is 22.3 Å². The number of carbonyl (C=O) groups is 6. The molecule has 0 amide bonds. The van der Waals surface area contributed by atoms with Crippen LogP contribution >= 0.6 is 0 Å². The fraction of sp³-hybridized carbons (Fsp3) is 0. The molecule has 0 bridgehead atoms. The maximum Gasteiger partial charge on any atom is 2.00 e. The van der Waals surface area contributed by atoms with E-state index in [4.69, 9.17) is 10.2 Å². The van der Waals surface area contributed by atoms with E-state index in [0.717, 1.165) is 116 Å². The first kappa shape index (κ1) is 64.0. The van der Waals surface area contributed by atoms with E-state index in [0.29, 0.717) is 0 Å². The first-order chi connectivity index (χ1) is 36.3. The Morgan fingerprint density at radius 1 is 0.375 bits per heavy atom. The predicted octanol–water partition coefficient (Wildman–Crippen LogP) is 3.29. The van der Waals surface area contributed by atoms with Crippen LogP contribution in [0.15, 0.2) is 170 Å². The average Bonchev–Trinajstić information content (AvgIpc) is 3.42. The fourth-order valence-corrected chi connectivity index (χ4v) is 7.60. The molecule has 0 atom stereocenters. The summed E-state index contributed by atoms with van der Waals surface area (Å²) >= 11 is 0. The largest absolute Gasteiger partial charge is 2.00 e. The van der Waals surface area contributed by atoms with Gasteiger partial charge in [-0.15, -0.1) is 0 Å². The van der Waals surface area contributed by atoms with E-state index < -0.39 is 79.3 Å². The number of nitrogens with zero attached hydrogens (tertiary/aromatic N) is 6. The number of benzene rings is 6. The number of hydrogen-bond acceptors (Lipinski definition) is 18. The normalized spacial score (nSPS) is 9.90. The van der Waals surface area contributed by atoms with Crippen LogP contribution in [0.5, 0.6) is 0 Å². The number of aromatic nitrogens is 4. The van der Waals surface area contributed by atoms with E-state index in [-0.39, 0.29) is 83.3 Å². The zero-order chi connectivity index (χ0) is 54.8. The van der Waals surface area contributed by atoms with Crippen molar-refractivity contribution < 1.29 is 119 Å². The third-order valence-corrected chi connectivity index (χ3v) is 11.1. The Balaban J connectivity index is 0.000000282. The number of hydrogen-bond donors (Lipinski definition) is 2. The molecule has 80 heavy (non-hydrogen) atoms. The van der Waals surface area contributed by atoms with Crippen molar-refractivity contribution in [3.05, 3.63) is 224 Å². The fourth-order valence-electron chi connectivity index (χ4n) is 7.60. The van der Waals surface area contributed by atoms with Gasteiger partial charge in [-0.25, -0.2) is 9.59 Å². The summed E-state index contributed by atoms with van der Waals surface area (Å²) in [6.07, 6.45) is 7.21. The zero-order valence-corrected chi connectivity index (χ0v) is 46.8. The Hall–Kier alpha value is -10.3. The average molecular weight is 1190 g/mol. The van der Waals surface area contributed by atoms with Crippen molar-refractivity contribution in [2.45, 2.75) is 0 Å². The first-order valence-corrected chi connectivity index (χ1v) is 21.7. The van der Waals surface area contributed by atoms with E-state index >= 15 is 0 Å². The van der Waals surface area contributed by atoms with Gasteiger partial charge >= 0.3 is 50.9 Å². The van der Waals surface area contributed by atoms with Crippen LogP contribution < -0.4 is 20.4 Å². The number of aromatic carboxylic acids is 6. The minimum Gasteiger partial charge on any atom is -0.545 e. The number of carbonyl (C=O) groups excluding carboxylic acids is 4. The van der Waals surface area contributed by atoms with Gasteiger partial charge in [0.1, 0.15) is 0 Å². The van der Waals surface area contributed by atoms with Gasteiger partial charge in [-0.05, 0) is 82.9 Å². The second-order valence-corrected chi connectivity index (χ2v) is 15.7. The van der Waals surface area contributed by atoms with Crippen LogP contribution in [0.25, 0.3) is 65.9 Å². The van der Waals surface area contributed by atoms with Crippen LogP contribution in [0.2, 0.25) is 0 Å². The van der Waals surface area contributed by atoms with Gasteiger partial charge in [-0.2, -0.15) is 0 Å². The Morgan fingerprint density at radius 3 is 0.887 bits per heavy atom. The van der Waals surface area contributed by atoms with Gasteiger partial charge < -0.3 is 60.8 Å². The van der Waals surface area contributed by atoms with Crippen LogP contribution in [0.4, 0.5) is 11.4 Å². The molecule has 0 spiro atoms. The Labute approximate surface area is 473 Å². The molecule has 0 radical (unpaired) electrons. The molecular formula is C54H34N6O18Zn2. The van der Waals surface area contributed by atoms with Crippen molar-refractivity contribution in [2.24, 2.45) is 0 Å². The molecule has 0 aliphatic carbocycles. The summed E-state index contributed by atoms with van der Waals surface area (Å²) in [4.78, 5) is 103. The van der Waals surface area contributed by atoms with Crippen molar-refractivity contribution in [1.29, 1.82) is 0 Å². The molecule has 392 valence electrons. The van der Waals surface area contributed by atoms with Crippen LogP contribution in [0.3, 0.4) is 0 Å². The van der Waals surface area contributed by atoms with Crippen LogP contribution in [0.1, 0.15) is 62.1 Å². The van der Waals surface area contributed by atoms with Crippen LogP contribution in [0, 0.1) is 20.2 Å². The van der Waals surface area contributed by atoms with Gasteiger partial charge in [0.2, 0.25) is 0 Å². The van der Waals surface area contributed by atoms with Crippen molar-refractivity contribution >= 4 is 90.8 Å². The molecule has 0 fully saturated rings. The molecule has 0 unspecified atom stereocenters. The number of carboxylic acids is 6. The monoisotopic (exact) mass is 1180 g/mol. The van der Waals surface area contributed by atoms with E-state index in [9.17, 15) is 69.4 Å². The second kappa shape index (κ2) is 28.2. The summed E-state index contributed by atoms with van der Waals surface area (Å²) in [6.45, 7) is 0. The molecule has 4 heterocycles. The molecule has 10 rings (SSSR count). The molecule has 0 aliphatic rings. The minimum atomic E-state index is -1.76. The third-order valence-electron chi connectivity index (χ3n) is 11.1. The topological polar surface area (TPSA) is 436 Å². The Kier molecular flexibility index (Phi) is 22.6. The summed E-state index contributed by atoms with van der Waals surface area (Å²) in [5.74, 6) is -9.59. The zero-order valence-electron chi connectivity index (χ0n) is 40.9. The molecule has 0 saturated carbocycles. The van der Waals surface area contributed by atoms with E-state index in [1.165, 1.54) is 0 Å². The molecule has 0 aliphatic heterocycles. The van der Waals surface area contributed by atoms with Gasteiger partial charge in [0.05, 0.1) is 78.0 Å². The summed E-state index contributed by atoms with van der Waals surface area (Å²) in [5.41, 5.74) is -0.646. The summed E-state index contributed by atoms with van der Waals surface area (Å²) in [6, 6.07) is 36.4. The van der Waals surface area contributed by atoms with E-state index in [2.05, 4.69) is 68.5 Å². The second-order valence-electron chi connectivity index (χ2n) is 15.7. The molecule has 24 nitrogen and oxygen atoms in total. The van der Waals surface area contributed by atoms with Gasteiger partial charge in [0, 0.05) is 69.6 Å². The number of fused-ring (bicyclic) bond motifs is 6. The molecule has 6 aromatic carbocycles. The smallest absolute Gasteiger partial charge is 0.545 e. The van der Waals surface area contributed by atoms with Gasteiger partial charge in [-0.1, -0.05) is 72.8 Å². The van der Waals surface area contributed by atoms with Gasteiger partial charge in [0.25, 0.3) is 11.4 Å². The summed E-state index contributed by atoms with van der Waals surface area (Å²) < 4.78 is 0. The van der Waals surface area contributed by atoms with Gasteiger partial charge in [-0.3, -0.25) is 40.2 Å². The summed E-state index contributed by atoms with van der Waals surface area (Å²) in [7, 11) is 0. The van der Waals surface area contributed by atoms with E-state index in [1.807, 2.05) is 24.3 Å². The molecule has 0 saturated heterocycles.